The number of amides is 1. The number of nitrogens with zero attached hydrogens (tertiary/aromatic N) is 1. The third-order valence-electron chi connectivity index (χ3n) is 3.54. The Morgan fingerprint density at radius 1 is 1.13 bits per heavy atom. The van der Waals surface area contributed by atoms with Crippen molar-refractivity contribution in [2.75, 3.05) is 18.1 Å². The molecule has 0 aromatic heterocycles. The van der Waals surface area contributed by atoms with Gasteiger partial charge < -0.3 is 14.4 Å². The van der Waals surface area contributed by atoms with Crippen molar-refractivity contribution in [2.45, 2.75) is 52.6 Å². The first kappa shape index (κ1) is 20.1. The Hall–Kier alpha value is -0.980. The van der Waals surface area contributed by atoms with Crippen LogP contribution in [0.2, 0.25) is 0 Å². The van der Waals surface area contributed by atoms with Crippen LogP contribution in [-0.4, -0.2) is 41.0 Å². The van der Waals surface area contributed by atoms with Crippen molar-refractivity contribution in [3.05, 3.63) is 23.8 Å². The average molecular weight is 433 g/mol. The molecule has 1 amide bonds. The molecular weight excluding hydrogens is 405 g/mol. The standard InChI is InChI=1S/C18H28INO3/c1-13(2)20(14(3)4)18(21)15-8-9-16(17(12-15)22-5)23-11-7-6-10-19/h8-9,12-14H,6-7,10-11H2,1-5H3. The van der Waals surface area contributed by atoms with Gasteiger partial charge in [-0.2, -0.15) is 0 Å². The molecule has 4 nitrogen and oxygen atoms in total. The van der Waals surface area contributed by atoms with Gasteiger partial charge in [-0.1, -0.05) is 22.6 Å². The highest BCUT2D eigenvalue weighted by molar-refractivity contribution is 14.1. The zero-order valence-corrected chi connectivity index (χ0v) is 16.9. The van der Waals surface area contributed by atoms with Gasteiger partial charge in [-0.05, 0) is 63.2 Å². The topological polar surface area (TPSA) is 38.8 Å². The summed E-state index contributed by atoms with van der Waals surface area (Å²) in [5.41, 5.74) is 0.629. The van der Waals surface area contributed by atoms with E-state index in [1.165, 1.54) is 0 Å². The Bertz CT molecular complexity index is 495. The van der Waals surface area contributed by atoms with Crippen LogP contribution in [0.25, 0.3) is 0 Å². The number of methoxy groups -OCH3 is 1. The molecule has 0 aliphatic carbocycles. The largest absolute Gasteiger partial charge is 0.493 e. The average Bonchev–Trinajstić information content (AvgIpc) is 2.50. The number of ether oxygens (including phenoxy) is 2. The van der Waals surface area contributed by atoms with Crippen LogP contribution in [0.3, 0.4) is 0 Å². The molecule has 130 valence electrons. The number of hydrogen-bond acceptors (Lipinski definition) is 3. The predicted octanol–water partition coefficient (Wildman–Crippen LogP) is 4.55. The van der Waals surface area contributed by atoms with Gasteiger partial charge in [0.25, 0.3) is 5.91 Å². The van der Waals surface area contributed by atoms with E-state index in [4.69, 9.17) is 9.47 Å². The number of halogens is 1. The van der Waals surface area contributed by atoms with Gasteiger partial charge >= 0.3 is 0 Å². The Kier molecular flexibility index (Phi) is 8.73. The van der Waals surface area contributed by atoms with Crippen LogP contribution in [0.4, 0.5) is 0 Å². The molecule has 0 atom stereocenters. The van der Waals surface area contributed by atoms with Crippen LogP contribution in [0.15, 0.2) is 18.2 Å². The first-order valence-corrected chi connectivity index (χ1v) is 9.64. The molecule has 0 N–H and O–H groups in total. The summed E-state index contributed by atoms with van der Waals surface area (Å²) in [5, 5.41) is 0. The molecule has 0 saturated heterocycles. The van der Waals surface area contributed by atoms with Gasteiger partial charge in [0.05, 0.1) is 13.7 Å². The number of benzene rings is 1. The molecule has 0 aliphatic rings. The number of carbonyl (C=O) groups excluding carboxylic acids is 1. The Morgan fingerprint density at radius 2 is 1.78 bits per heavy atom. The third-order valence-corrected chi connectivity index (χ3v) is 4.31. The van der Waals surface area contributed by atoms with E-state index in [9.17, 15) is 4.79 Å². The van der Waals surface area contributed by atoms with E-state index >= 15 is 0 Å². The highest BCUT2D eigenvalue weighted by Gasteiger charge is 2.22. The van der Waals surface area contributed by atoms with Crippen molar-refractivity contribution in [3.8, 4) is 11.5 Å². The van der Waals surface area contributed by atoms with Gasteiger partial charge in [0.15, 0.2) is 11.5 Å². The monoisotopic (exact) mass is 433 g/mol. The zero-order valence-electron chi connectivity index (χ0n) is 14.8. The van der Waals surface area contributed by atoms with Crippen LogP contribution in [0, 0.1) is 0 Å². The van der Waals surface area contributed by atoms with E-state index in [1.807, 2.05) is 44.7 Å². The van der Waals surface area contributed by atoms with E-state index in [0.29, 0.717) is 23.7 Å². The minimum atomic E-state index is 0.0183. The van der Waals surface area contributed by atoms with E-state index < -0.39 is 0 Å². The summed E-state index contributed by atoms with van der Waals surface area (Å²) in [6, 6.07) is 5.72. The fourth-order valence-corrected chi connectivity index (χ4v) is 3.05. The lowest BCUT2D eigenvalue weighted by molar-refractivity contribution is 0.0643. The highest BCUT2D eigenvalue weighted by Crippen LogP contribution is 2.29. The van der Waals surface area contributed by atoms with Gasteiger partial charge in [0.2, 0.25) is 0 Å². The minimum absolute atomic E-state index is 0.0183. The van der Waals surface area contributed by atoms with Crippen LogP contribution in [0.5, 0.6) is 11.5 Å². The second-order valence-electron chi connectivity index (χ2n) is 6.01. The number of carbonyl (C=O) groups is 1. The molecule has 0 bridgehead atoms. The van der Waals surface area contributed by atoms with Gasteiger partial charge in [0, 0.05) is 17.6 Å². The number of unbranched alkanes of at least 4 members (excludes halogenated alkanes) is 1. The molecule has 1 rings (SSSR count). The number of hydrogen-bond donors (Lipinski definition) is 0. The molecule has 0 fully saturated rings. The summed E-state index contributed by atoms with van der Waals surface area (Å²) in [6.07, 6.45) is 2.15. The van der Waals surface area contributed by atoms with Crippen molar-refractivity contribution in [1.29, 1.82) is 0 Å². The molecule has 0 spiro atoms. The SMILES string of the molecule is COc1cc(C(=O)N(C(C)C)C(C)C)ccc1OCCCCI. The fourth-order valence-electron chi connectivity index (χ4n) is 2.51. The maximum absolute atomic E-state index is 12.7. The molecule has 23 heavy (non-hydrogen) atoms. The number of alkyl halides is 1. The zero-order chi connectivity index (χ0) is 17.4. The summed E-state index contributed by atoms with van der Waals surface area (Å²) < 4.78 is 12.3. The molecule has 1 aromatic rings. The Morgan fingerprint density at radius 3 is 2.30 bits per heavy atom. The summed E-state index contributed by atoms with van der Waals surface area (Å²) >= 11 is 2.36. The smallest absolute Gasteiger partial charge is 0.254 e. The molecule has 0 unspecified atom stereocenters. The fraction of sp³-hybridized carbons (Fsp3) is 0.611. The highest BCUT2D eigenvalue weighted by atomic mass is 127. The Balaban J connectivity index is 2.91. The first-order valence-electron chi connectivity index (χ1n) is 8.11. The molecule has 5 heteroatoms. The van der Waals surface area contributed by atoms with Gasteiger partial charge in [-0.15, -0.1) is 0 Å². The van der Waals surface area contributed by atoms with Crippen molar-refractivity contribution >= 4 is 28.5 Å². The molecule has 1 aromatic carbocycles. The minimum Gasteiger partial charge on any atom is -0.493 e. The van der Waals surface area contributed by atoms with Crippen molar-refractivity contribution in [1.82, 2.24) is 4.90 Å². The van der Waals surface area contributed by atoms with E-state index in [2.05, 4.69) is 22.6 Å². The predicted molar refractivity (Wildman–Crippen MR) is 103 cm³/mol. The van der Waals surface area contributed by atoms with Crippen molar-refractivity contribution < 1.29 is 14.3 Å². The second-order valence-corrected chi connectivity index (χ2v) is 7.09. The Labute approximate surface area is 153 Å². The lowest BCUT2D eigenvalue weighted by Crippen LogP contribution is -2.42. The van der Waals surface area contributed by atoms with Crippen LogP contribution in [-0.2, 0) is 0 Å². The lowest BCUT2D eigenvalue weighted by atomic mass is 10.1. The van der Waals surface area contributed by atoms with Crippen LogP contribution >= 0.6 is 22.6 Å². The lowest BCUT2D eigenvalue weighted by Gasteiger charge is -2.31. The van der Waals surface area contributed by atoms with Gasteiger partial charge in [-0.3, -0.25) is 4.79 Å². The maximum atomic E-state index is 12.7. The first-order chi connectivity index (χ1) is 10.9. The van der Waals surface area contributed by atoms with E-state index in [-0.39, 0.29) is 18.0 Å². The molecular formula is C18H28INO3. The third kappa shape index (κ3) is 5.86. The van der Waals surface area contributed by atoms with Crippen molar-refractivity contribution in [2.24, 2.45) is 0 Å². The molecule has 0 radical (unpaired) electrons. The van der Waals surface area contributed by atoms with E-state index in [1.54, 1.807) is 13.2 Å². The van der Waals surface area contributed by atoms with Crippen molar-refractivity contribution in [3.63, 3.8) is 0 Å². The molecule has 0 aliphatic heterocycles. The summed E-state index contributed by atoms with van der Waals surface area (Å²) in [5.74, 6) is 1.32. The quantitative estimate of drug-likeness (QED) is 0.326. The second kappa shape index (κ2) is 10.0. The van der Waals surface area contributed by atoms with Crippen LogP contribution < -0.4 is 9.47 Å². The molecule has 0 saturated carbocycles. The normalized spacial score (nSPS) is 11.0. The maximum Gasteiger partial charge on any atom is 0.254 e. The summed E-state index contributed by atoms with van der Waals surface area (Å²) in [7, 11) is 1.60. The van der Waals surface area contributed by atoms with E-state index in [0.717, 1.165) is 17.3 Å². The van der Waals surface area contributed by atoms with Crippen LogP contribution in [0.1, 0.15) is 50.9 Å². The summed E-state index contributed by atoms with van der Waals surface area (Å²) in [4.78, 5) is 14.6. The summed E-state index contributed by atoms with van der Waals surface area (Å²) in [6.45, 7) is 8.77. The van der Waals surface area contributed by atoms with Gasteiger partial charge in [0.1, 0.15) is 0 Å². The van der Waals surface area contributed by atoms with Gasteiger partial charge in [-0.25, -0.2) is 0 Å². The number of rotatable bonds is 9. The molecule has 0 heterocycles.